The fourth-order valence-electron chi connectivity index (χ4n) is 7.24. The molecule has 1 amide bonds. The minimum absolute atomic E-state index is 0.343. The average Bonchev–Trinajstić information content (AvgIpc) is 2.91. The molecule has 3 unspecified atom stereocenters. The molecule has 1 saturated heterocycles. The highest BCUT2D eigenvalue weighted by Crippen LogP contribution is 2.57. The first-order valence-electron chi connectivity index (χ1n) is 9.73. The van der Waals surface area contributed by atoms with Crippen LogP contribution < -0.4 is 5.73 Å². The zero-order chi connectivity index (χ0) is 14.8. The Morgan fingerprint density at radius 2 is 1.55 bits per heavy atom. The van der Waals surface area contributed by atoms with E-state index in [2.05, 4.69) is 4.90 Å². The van der Waals surface area contributed by atoms with E-state index in [9.17, 15) is 4.79 Å². The van der Waals surface area contributed by atoms with Gasteiger partial charge >= 0.3 is 0 Å². The van der Waals surface area contributed by atoms with Gasteiger partial charge in [-0.05, 0) is 80.5 Å². The lowest BCUT2D eigenvalue weighted by Gasteiger charge is -2.54. The maximum atomic E-state index is 13.3. The molecule has 2 N–H and O–H groups in total. The standard InChI is InChI=1S/C19H30N2O/c20-17-3-1-2-13-9-21(10-16(13)17)19(22)18-14-5-11-4-12(7-14)8-15(18)6-11/h11-18H,1-10,20H2. The number of fused-ring (bicyclic) bond motifs is 1. The third-order valence-electron chi connectivity index (χ3n) is 7.98. The monoisotopic (exact) mass is 302 g/mol. The van der Waals surface area contributed by atoms with E-state index in [1.54, 1.807) is 0 Å². The molecule has 3 nitrogen and oxygen atoms in total. The minimum atomic E-state index is 0.343. The molecule has 0 radical (unpaired) electrons. The van der Waals surface area contributed by atoms with Crippen molar-refractivity contribution in [1.82, 2.24) is 4.90 Å². The lowest BCUT2D eigenvalue weighted by atomic mass is 9.51. The number of carbonyl (C=O) groups is 1. The highest BCUT2D eigenvalue weighted by molar-refractivity contribution is 5.80. The lowest BCUT2D eigenvalue weighted by molar-refractivity contribution is -0.148. The fourth-order valence-corrected chi connectivity index (χ4v) is 7.24. The number of rotatable bonds is 1. The molecule has 6 aliphatic rings. The van der Waals surface area contributed by atoms with Gasteiger partial charge in [0.05, 0.1) is 0 Å². The van der Waals surface area contributed by atoms with Gasteiger partial charge in [-0.1, -0.05) is 6.42 Å². The predicted molar refractivity (Wildman–Crippen MR) is 85.9 cm³/mol. The van der Waals surface area contributed by atoms with E-state index in [0.29, 0.717) is 29.7 Å². The van der Waals surface area contributed by atoms with Crippen LogP contribution in [-0.2, 0) is 4.79 Å². The Bertz CT molecular complexity index is 448. The average molecular weight is 302 g/mol. The van der Waals surface area contributed by atoms with Crippen molar-refractivity contribution in [3.05, 3.63) is 0 Å². The van der Waals surface area contributed by atoms with Crippen molar-refractivity contribution in [3.8, 4) is 0 Å². The van der Waals surface area contributed by atoms with Gasteiger partial charge < -0.3 is 10.6 Å². The van der Waals surface area contributed by atoms with Crippen LogP contribution in [0.3, 0.4) is 0 Å². The Morgan fingerprint density at radius 1 is 0.864 bits per heavy atom. The van der Waals surface area contributed by atoms with Crippen LogP contribution in [0.25, 0.3) is 0 Å². The number of hydrogen-bond acceptors (Lipinski definition) is 2. The Balaban J connectivity index is 1.33. The normalized spacial score (nSPS) is 52.9. The molecule has 3 heteroatoms. The molecule has 0 spiro atoms. The minimum Gasteiger partial charge on any atom is -0.342 e. The van der Waals surface area contributed by atoms with Gasteiger partial charge in [0.1, 0.15) is 0 Å². The van der Waals surface area contributed by atoms with Gasteiger partial charge in [-0.25, -0.2) is 0 Å². The van der Waals surface area contributed by atoms with Crippen LogP contribution in [0.4, 0.5) is 0 Å². The summed E-state index contributed by atoms with van der Waals surface area (Å²) < 4.78 is 0. The SMILES string of the molecule is NC1CCCC2CN(C(=O)C3C4CC5CC(C4)CC3C5)CC12. The van der Waals surface area contributed by atoms with Gasteiger partial charge in [-0.15, -0.1) is 0 Å². The Kier molecular flexibility index (Phi) is 3.12. The van der Waals surface area contributed by atoms with Gasteiger partial charge in [0.2, 0.25) is 5.91 Å². The second kappa shape index (κ2) is 4.96. The Labute approximate surface area is 134 Å². The summed E-state index contributed by atoms with van der Waals surface area (Å²) in [6.45, 7) is 1.98. The molecular formula is C19H30N2O. The van der Waals surface area contributed by atoms with Crippen LogP contribution in [0.1, 0.15) is 51.4 Å². The number of nitrogens with two attached hydrogens (primary N) is 1. The highest BCUT2D eigenvalue weighted by Gasteiger charge is 2.52. The van der Waals surface area contributed by atoms with Crippen molar-refractivity contribution in [2.75, 3.05) is 13.1 Å². The van der Waals surface area contributed by atoms with Gasteiger partial charge in [0, 0.05) is 25.0 Å². The number of hydrogen-bond donors (Lipinski definition) is 1. The molecule has 0 aromatic carbocycles. The molecule has 0 aromatic heterocycles. The molecule has 1 heterocycles. The third-order valence-corrected chi connectivity index (χ3v) is 7.98. The van der Waals surface area contributed by atoms with Crippen LogP contribution in [0.5, 0.6) is 0 Å². The van der Waals surface area contributed by atoms with E-state index in [1.165, 1.54) is 51.4 Å². The zero-order valence-electron chi connectivity index (χ0n) is 13.6. The van der Waals surface area contributed by atoms with E-state index in [-0.39, 0.29) is 0 Å². The molecule has 0 aromatic rings. The first kappa shape index (κ1) is 13.8. The van der Waals surface area contributed by atoms with Crippen LogP contribution in [0, 0.1) is 41.4 Å². The Morgan fingerprint density at radius 3 is 2.18 bits per heavy atom. The summed E-state index contributed by atoms with van der Waals surface area (Å²) in [5.41, 5.74) is 6.34. The second-order valence-electron chi connectivity index (χ2n) is 9.22. The van der Waals surface area contributed by atoms with Crippen molar-refractivity contribution in [3.63, 3.8) is 0 Å². The first-order chi connectivity index (χ1) is 10.7. The summed E-state index contributed by atoms with van der Waals surface area (Å²) in [4.78, 5) is 15.5. The van der Waals surface area contributed by atoms with Crippen molar-refractivity contribution in [2.24, 2.45) is 47.2 Å². The molecule has 5 aliphatic carbocycles. The maximum Gasteiger partial charge on any atom is 0.226 e. The van der Waals surface area contributed by atoms with Crippen molar-refractivity contribution in [1.29, 1.82) is 0 Å². The van der Waals surface area contributed by atoms with E-state index < -0.39 is 0 Å². The van der Waals surface area contributed by atoms with Crippen LogP contribution in [0.2, 0.25) is 0 Å². The quantitative estimate of drug-likeness (QED) is 0.809. The summed E-state index contributed by atoms with van der Waals surface area (Å²) in [7, 11) is 0. The summed E-state index contributed by atoms with van der Waals surface area (Å²) in [6, 6.07) is 0.343. The topological polar surface area (TPSA) is 46.3 Å². The summed E-state index contributed by atoms with van der Waals surface area (Å²) in [5.74, 6) is 5.56. The number of carbonyl (C=O) groups excluding carboxylic acids is 1. The van der Waals surface area contributed by atoms with E-state index >= 15 is 0 Å². The molecule has 5 saturated carbocycles. The van der Waals surface area contributed by atoms with Gasteiger partial charge in [0.25, 0.3) is 0 Å². The molecule has 122 valence electrons. The molecule has 6 fully saturated rings. The molecule has 1 aliphatic heterocycles. The number of amides is 1. The molecule has 3 atom stereocenters. The van der Waals surface area contributed by atoms with Gasteiger partial charge in [0.15, 0.2) is 0 Å². The molecule has 22 heavy (non-hydrogen) atoms. The van der Waals surface area contributed by atoms with E-state index in [1.807, 2.05) is 0 Å². The summed E-state index contributed by atoms with van der Waals surface area (Å²) in [6.07, 6.45) is 10.6. The molecular weight excluding hydrogens is 272 g/mol. The van der Waals surface area contributed by atoms with Crippen molar-refractivity contribution >= 4 is 5.91 Å². The van der Waals surface area contributed by atoms with Crippen molar-refractivity contribution < 1.29 is 4.79 Å². The highest BCUT2D eigenvalue weighted by atomic mass is 16.2. The second-order valence-corrected chi connectivity index (χ2v) is 9.22. The number of nitrogens with zero attached hydrogens (tertiary/aromatic N) is 1. The first-order valence-corrected chi connectivity index (χ1v) is 9.73. The number of likely N-dealkylation sites (tertiary alicyclic amines) is 1. The maximum absolute atomic E-state index is 13.3. The Hall–Kier alpha value is -0.570. The van der Waals surface area contributed by atoms with Crippen LogP contribution in [0.15, 0.2) is 0 Å². The van der Waals surface area contributed by atoms with E-state index in [4.69, 9.17) is 5.73 Å². The van der Waals surface area contributed by atoms with Crippen molar-refractivity contribution in [2.45, 2.75) is 57.4 Å². The fraction of sp³-hybridized carbons (Fsp3) is 0.947. The molecule has 4 bridgehead atoms. The van der Waals surface area contributed by atoms with Crippen LogP contribution >= 0.6 is 0 Å². The van der Waals surface area contributed by atoms with Gasteiger partial charge in [-0.2, -0.15) is 0 Å². The summed E-state index contributed by atoms with van der Waals surface area (Å²) in [5, 5.41) is 0. The molecule has 6 rings (SSSR count). The van der Waals surface area contributed by atoms with E-state index in [0.717, 1.165) is 36.8 Å². The lowest BCUT2D eigenvalue weighted by Crippen LogP contribution is -2.51. The predicted octanol–water partition coefficient (Wildman–Crippen LogP) is 2.64. The summed E-state index contributed by atoms with van der Waals surface area (Å²) >= 11 is 0. The zero-order valence-corrected chi connectivity index (χ0v) is 13.6. The smallest absolute Gasteiger partial charge is 0.226 e. The van der Waals surface area contributed by atoms with Crippen LogP contribution in [-0.4, -0.2) is 29.9 Å². The largest absolute Gasteiger partial charge is 0.342 e. The van der Waals surface area contributed by atoms with Gasteiger partial charge in [-0.3, -0.25) is 4.79 Å². The third kappa shape index (κ3) is 2.00.